The van der Waals surface area contributed by atoms with Crippen LogP contribution in [0.4, 0.5) is 5.69 Å². The van der Waals surface area contributed by atoms with Crippen molar-refractivity contribution < 1.29 is 13.2 Å². The Bertz CT molecular complexity index is 813. The summed E-state index contributed by atoms with van der Waals surface area (Å²) in [5.74, 6) is 0.455. The molecule has 0 amide bonds. The third-order valence-electron chi connectivity index (χ3n) is 2.72. The van der Waals surface area contributed by atoms with Gasteiger partial charge in [-0.25, -0.2) is 8.42 Å². The molecule has 0 aliphatic heterocycles. The summed E-state index contributed by atoms with van der Waals surface area (Å²) in [6, 6.07) is 12.5. The largest absolute Gasteiger partial charge is 0.497 e. The predicted molar refractivity (Wildman–Crippen MR) is 80.0 cm³/mol. The van der Waals surface area contributed by atoms with E-state index >= 15 is 0 Å². The fourth-order valence-electron chi connectivity index (χ4n) is 1.70. The summed E-state index contributed by atoms with van der Waals surface area (Å²) in [4.78, 5) is -0.0855. The molecule has 0 aliphatic carbocycles. The van der Waals surface area contributed by atoms with E-state index in [-0.39, 0.29) is 21.2 Å². The number of rotatable bonds is 4. The van der Waals surface area contributed by atoms with E-state index in [0.29, 0.717) is 5.75 Å². The lowest BCUT2D eigenvalue weighted by Gasteiger charge is -2.11. The Hall–Kier alpha value is -2.23. The van der Waals surface area contributed by atoms with Gasteiger partial charge in [0.05, 0.1) is 23.4 Å². The maximum atomic E-state index is 12.3. The summed E-state index contributed by atoms with van der Waals surface area (Å²) in [5, 5.41) is 9.02. The van der Waals surface area contributed by atoms with Gasteiger partial charge in [-0.3, -0.25) is 4.72 Å². The molecule has 0 unspecified atom stereocenters. The Labute approximate surface area is 127 Å². The van der Waals surface area contributed by atoms with E-state index in [2.05, 4.69) is 4.72 Å². The van der Waals surface area contributed by atoms with Crippen LogP contribution in [0, 0.1) is 11.3 Å². The number of hydrogen-bond acceptors (Lipinski definition) is 4. The molecule has 0 saturated carbocycles. The van der Waals surface area contributed by atoms with Crippen LogP contribution in [0.2, 0.25) is 5.02 Å². The molecule has 2 aromatic carbocycles. The predicted octanol–water partition coefficient (Wildman–Crippen LogP) is 3.02. The van der Waals surface area contributed by atoms with Crippen molar-refractivity contribution in [1.29, 1.82) is 5.26 Å². The van der Waals surface area contributed by atoms with Crippen molar-refractivity contribution in [3.05, 3.63) is 53.1 Å². The van der Waals surface area contributed by atoms with E-state index in [4.69, 9.17) is 21.6 Å². The van der Waals surface area contributed by atoms with E-state index in [1.807, 2.05) is 6.07 Å². The molecule has 0 bridgehead atoms. The molecule has 0 fully saturated rings. The van der Waals surface area contributed by atoms with Crippen molar-refractivity contribution in [1.82, 2.24) is 0 Å². The van der Waals surface area contributed by atoms with Crippen LogP contribution in [0.5, 0.6) is 5.75 Å². The lowest BCUT2D eigenvalue weighted by molar-refractivity contribution is 0.414. The van der Waals surface area contributed by atoms with E-state index in [1.165, 1.54) is 37.4 Å². The van der Waals surface area contributed by atoms with Crippen molar-refractivity contribution in [2.75, 3.05) is 11.8 Å². The first kappa shape index (κ1) is 15.2. The normalized spacial score (nSPS) is 10.7. The zero-order chi connectivity index (χ0) is 15.5. The number of halogens is 1. The Morgan fingerprint density at radius 3 is 2.57 bits per heavy atom. The average molecular weight is 323 g/mol. The molecule has 1 N–H and O–H groups in total. The van der Waals surface area contributed by atoms with Gasteiger partial charge in [0.15, 0.2) is 0 Å². The molecule has 0 heterocycles. The van der Waals surface area contributed by atoms with E-state index < -0.39 is 10.0 Å². The number of hydrogen-bond donors (Lipinski definition) is 1. The summed E-state index contributed by atoms with van der Waals surface area (Å²) in [6.07, 6.45) is 0. The zero-order valence-corrected chi connectivity index (χ0v) is 12.6. The monoisotopic (exact) mass is 322 g/mol. The summed E-state index contributed by atoms with van der Waals surface area (Å²) < 4.78 is 32.0. The van der Waals surface area contributed by atoms with Crippen LogP contribution in [0.1, 0.15) is 5.56 Å². The molecule has 7 heteroatoms. The minimum absolute atomic E-state index is 0.0382. The summed E-state index contributed by atoms with van der Waals surface area (Å²) in [6.45, 7) is 0. The molecule has 2 aromatic rings. The Balaban J connectivity index is 2.42. The van der Waals surface area contributed by atoms with Gasteiger partial charge in [0, 0.05) is 6.07 Å². The first-order valence-corrected chi connectivity index (χ1v) is 7.69. The molecule has 0 radical (unpaired) electrons. The standard InChI is InChI=1S/C14H11ClN2O3S/c1-20-11-6-7-14(12(15)8-11)21(18,19)17-13-5-3-2-4-10(13)9-16/h2-8,17H,1H3. The summed E-state index contributed by atoms with van der Waals surface area (Å²) >= 11 is 5.97. The maximum absolute atomic E-state index is 12.3. The van der Waals surface area contributed by atoms with Crippen molar-refractivity contribution in [2.24, 2.45) is 0 Å². The van der Waals surface area contributed by atoms with Crippen LogP contribution in [-0.2, 0) is 10.0 Å². The molecule has 0 atom stereocenters. The number of anilines is 1. The number of sulfonamides is 1. The smallest absolute Gasteiger partial charge is 0.263 e. The Morgan fingerprint density at radius 1 is 1.24 bits per heavy atom. The average Bonchev–Trinajstić information content (AvgIpc) is 2.47. The third-order valence-corrected chi connectivity index (χ3v) is 4.57. The first-order valence-electron chi connectivity index (χ1n) is 5.83. The summed E-state index contributed by atoms with van der Waals surface area (Å²) in [7, 11) is -2.43. The van der Waals surface area contributed by atoms with Gasteiger partial charge in [0.2, 0.25) is 0 Å². The SMILES string of the molecule is COc1ccc(S(=O)(=O)Nc2ccccc2C#N)c(Cl)c1. The topological polar surface area (TPSA) is 79.2 Å². The van der Waals surface area contributed by atoms with Crippen LogP contribution in [0.25, 0.3) is 0 Å². The van der Waals surface area contributed by atoms with Crippen LogP contribution >= 0.6 is 11.6 Å². The first-order chi connectivity index (χ1) is 9.97. The van der Waals surface area contributed by atoms with Gasteiger partial charge in [0.25, 0.3) is 10.0 Å². The second-order valence-corrected chi connectivity index (χ2v) is 6.12. The van der Waals surface area contributed by atoms with Crippen LogP contribution < -0.4 is 9.46 Å². The lowest BCUT2D eigenvalue weighted by Crippen LogP contribution is -2.14. The molecule has 0 aliphatic rings. The number of para-hydroxylation sites is 1. The van der Waals surface area contributed by atoms with Crippen molar-refractivity contribution >= 4 is 27.3 Å². The van der Waals surface area contributed by atoms with Crippen molar-refractivity contribution in [3.63, 3.8) is 0 Å². The second kappa shape index (κ2) is 6.04. The molecule has 108 valence electrons. The highest BCUT2D eigenvalue weighted by Gasteiger charge is 2.19. The van der Waals surface area contributed by atoms with Crippen LogP contribution in [0.3, 0.4) is 0 Å². The fourth-order valence-corrected chi connectivity index (χ4v) is 3.31. The second-order valence-electron chi connectivity index (χ2n) is 4.06. The maximum Gasteiger partial charge on any atom is 0.263 e. The van der Waals surface area contributed by atoms with Gasteiger partial charge >= 0.3 is 0 Å². The highest BCUT2D eigenvalue weighted by Crippen LogP contribution is 2.28. The van der Waals surface area contributed by atoms with Gasteiger partial charge in [-0.15, -0.1) is 0 Å². The minimum Gasteiger partial charge on any atom is -0.497 e. The number of nitriles is 1. The fraction of sp³-hybridized carbons (Fsp3) is 0.0714. The number of nitrogens with one attached hydrogen (secondary N) is 1. The van der Waals surface area contributed by atoms with Gasteiger partial charge in [-0.05, 0) is 24.3 Å². The molecule has 2 rings (SSSR count). The lowest BCUT2D eigenvalue weighted by atomic mass is 10.2. The number of nitrogens with zero attached hydrogens (tertiary/aromatic N) is 1. The van der Waals surface area contributed by atoms with Crippen molar-refractivity contribution in [3.8, 4) is 11.8 Å². The Kier molecular flexibility index (Phi) is 4.36. The Morgan fingerprint density at radius 2 is 1.95 bits per heavy atom. The molecule has 21 heavy (non-hydrogen) atoms. The van der Waals surface area contributed by atoms with E-state index in [1.54, 1.807) is 12.1 Å². The quantitative estimate of drug-likeness (QED) is 0.938. The van der Waals surface area contributed by atoms with Gasteiger partial charge in [0.1, 0.15) is 16.7 Å². The van der Waals surface area contributed by atoms with E-state index in [9.17, 15) is 8.42 Å². The number of ether oxygens (including phenoxy) is 1. The molecule has 5 nitrogen and oxygen atoms in total. The molecular formula is C14H11ClN2O3S. The summed E-state index contributed by atoms with van der Waals surface area (Å²) in [5.41, 5.74) is 0.428. The molecule has 0 spiro atoms. The van der Waals surface area contributed by atoms with Crippen LogP contribution in [-0.4, -0.2) is 15.5 Å². The van der Waals surface area contributed by atoms with E-state index in [0.717, 1.165) is 0 Å². The molecule has 0 saturated heterocycles. The number of methoxy groups -OCH3 is 1. The van der Waals surface area contributed by atoms with Gasteiger partial charge in [-0.1, -0.05) is 23.7 Å². The van der Waals surface area contributed by atoms with Gasteiger partial charge in [-0.2, -0.15) is 5.26 Å². The third kappa shape index (κ3) is 3.27. The molecular weight excluding hydrogens is 312 g/mol. The molecule has 0 aromatic heterocycles. The van der Waals surface area contributed by atoms with Gasteiger partial charge < -0.3 is 4.74 Å². The highest BCUT2D eigenvalue weighted by molar-refractivity contribution is 7.92. The number of benzene rings is 2. The highest BCUT2D eigenvalue weighted by atomic mass is 35.5. The van der Waals surface area contributed by atoms with Crippen LogP contribution in [0.15, 0.2) is 47.4 Å². The minimum atomic E-state index is -3.89. The zero-order valence-electron chi connectivity index (χ0n) is 11.0. The van der Waals surface area contributed by atoms with Crippen molar-refractivity contribution in [2.45, 2.75) is 4.90 Å².